The van der Waals surface area contributed by atoms with E-state index in [1.807, 2.05) is 13.8 Å². The number of hydrogen-bond donors (Lipinski definition) is 3. The molecule has 18 heavy (non-hydrogen) atoms. The molecule has 0 aromatic carbocycles. The highest BCUT2D eigenvalue weighted by Crippen LogP contribution is 2.20. The van der Waals surface area contributed by atoms with Crippen LogP contribution in [0, 0.1) is 10.1 Å². The van der Waals surface area contributed by atoms with Gasteiger partial charge in [0.2, 0.25) is 0 Å². The lowest BCUT2D eigenvalue weighted by Crippen LogP contribution is -2.19. The second-order valence-electron chi connectivity index (χ2n) is 3.83. The summed E-state index contributed by atoms with van der Waals surface area (Å²) in [5, 5.41) is 26.0. The predicted molar refractivity (Wildman–Crippen MR) is 69.8 cm³/mol. The van der Waals surface area contributed by atoms with Crippen LogP contribution in [0.4, 0.5) is 17.3 Å². The molecule has 1 aromatic rings. The summed E-state index contributed by atoms with van der Waals surface area (Å²) < 4.78 is 0. The zero-order valence-electron chi connectivity index (χ0n) is 10.5. The van der Waals surface area contributed by atoms with Gasteiger partial charge in [-0.2, -0.15) is 0 Å². The molecule has 1 rings (SSSR count). The van der Waals surface area contributed by atoms with Gasteiger partial charge < -0.3 is 15.7 Å². The maximum Gasteiger partial charge on any atom is 0.276 e. The molecule has 1 heterocycles. The number of aliphatic hydroxyl groups is 1. The van der Waals surface area contributed by atoms with E-state index in [0.717, 1.165) is 0 Å². The molecule has 1 aromatic heterocycles. The van der Waals surface area contributed by atoms with E-state index in [1.165, 1.54) is 12.1 Å². The molecule has 0 amide bonds. The average Bonchev–Trinajstić information content (AvgIpc) is 2.36. The quantitative estimate of drug-likeness (QED) is 0.505. The van der Waals surface area contributed by atoms with Gasteiger partial charge in [-0.25, -0.2) is 4.98 Å². The Morgan fingerprint density at radius 1 is 1.39 bits per heavy atom. The summed E-state index contributed by atoms with van der Waals surface area (Å²) in [6, 6.07) is 2.73. The third kappa shape index (κ3) is 4.17. The number of nitrogens with one attached hydrogen (secondary N) is 2. The minimum atomic E-state index is -0.492. The number of anilines is 2. The summed E-state index contributed by atoms with van der Waals surface area (Å²) in [6.07, 6.45) is 0.121. The van der Waals surface area contributed by atoms with Gasteiger partial charge in [0.05, 0.1) is 23.2 Å². The maximum absolute atomic E-state index is 10.8. The molecule has 7 nitrogen and oxygen atoms in total. The first kappa shape index (κ1) is 14.2. The van der Waals surface area contributed by atoms with Gasteiger partial charge in [0.1, 0.15) is 11.6 Å². The largest absolute Gasteiger partial charge is 0.391 e. The van der Waals surface area contributed by atoms with Crippen LogP contribution in [0.15, 0.2) is 12.1 Å². The van der Waals surface area contributed by atoms with E-state index >= 15 is 0 Å². The highest BCUT2D eigenvalue weighted by Gasteiger charge is 2.11. The second kappa shape index (κ2) is 6.75. The fourth-order valence-electron chi connectivity index (χ4n) is 1.35. The van der Waals surface area contributed by atoms with Crippen LogP contribution in [0.2, 0.25) is 0 Å². The van der Waals surface area contributed by atoms with Crippen LogP contribution in [-0.4, -0.2) is 34.2 Å². The van der Waals surface area contributed by atoms with Crippen molar-refractivity contribution in [2.75, 3.05) is 23.7 Å². The van der Waals surface area contributed by atoms with Crippen LogP contribution in [0.3, 0.4) is 0 Å². The van der Waals surface area contributed by atoms with Crippen molar-refractivity contribution in [1.82, 2.24) is 4.98 Å². The Morgan fingerprint density at radius 2 is 2.00 bits per heavy atom. The van der Waals surface area contributed by atoms with E-state index in [1.54, 1.807) is 0 Å². The van der Waals surface area contributed by atoms with E-state index in [-0.39, 0.29) is 5.69 Å². The lowest BCUT2D eigenvalue weighted by atomic mass is 10.3. The van der Waals surface area contributed by atoms with Crippen molar-refractivity contribution in [2.24, 2.45) is 0 Å². The number of pyridine rings is 1. The smallest absolute Gasteiger partial charge is 0.276 e. The van der Waals surface area contributed by atoms with Crippen LogP contribution in [0.25, 0.3) is 0 Å². The molecule has 0 aliphatic heterocycles. The maximum atomic E-state index is 10.8. The number of aromatic nitrogens is 1. The standard InChI is InChI=1S/C11H18N4O3/c1-3-9(16)7-13-11-6-8(15(17)18)5-10(14-11)12-4-2/h5-6,9,16H,3-4,7H2,1-2H3,(H2,12,13,14). The van der Waals surface area contributed by atoms with Gasteiger partial charge in [-0.1, -0.05) is 6.92 Å². The first-order valence-electron chi connectivity index (χ1n) is 5.89. The zero-order valence-corrected chi connectivity index (χ0v) is 10.5. The molecular weight excluding hydrogens is 236 g/mol. The molecule has 1 unspecified atom stereocenters. The van der Waals surface area contributed by atoms with Gasteiger partial charge in [0, 0.05) is 13.1 Å². The van der Waals surface area contributed by atoms with E-state index in [2.05, 4.69) is 15.6 Å². The van der Waals surface area contributed by atoms with Crippen molar-refractivity contribution in [3.8, 4) is 0 Å². The third-order valence-corrected chi connectivity index (χ3v) is 2.37. The molecule has 100 valence electrons. The van der Waals surface area contributed by atoms with Gasteiger partial charge in [0.15, 0.2) is 0 Å². The van der Waals surface area contributed by atoms with Crippen LogP contribution in [-0.2, 0) is 0 Å². The Hall–Kier alpha value is -1.89. The average molecular weight is 254 g/mol. The molecule has 0 spiro atoms. The Balaban J connectivity index is 2.85. The van der Waals surface area contributed by atoms with Gasteiger partial charge in [-0.05, 0) is 13.3 Å². The summed E-state index contributed by atoms with van der Waals surface area (Å²) >= 11 is 0. The van der Waals surface area contributed by atoms with Crippen molar-refractivity contribution in [2.45, 2.75) is 26.4 Å². The van der Waals surface area contributed by atoms with Crippen LogP contribution >= 0.6 is 0 Å². The van der Waals surface area contributed by atoms with E-state index < -0.39 is 11.0 Å². The van der Waals surface area contributed by atoms with E-state index in [4.69, 9.17) is 0 Å². The van der Waals surface area contributed by atoms with Crippen molar-refractivity contribution in [1.29, 1.82) is 0 Å². The van der Waals surface area contributed by atoms with E-state index in [9.17, 15) is 15.2 Å². The number of nitrogens with zero attached hydrogens (tertiary/aromatic N) is 2. The van der Waals surface area contributed by atoms with Crippen LogP contribution < -0.4 is 10.6 Å². The van der Waals surface area contributed by atoms with Crippen LogP contribution in [0.1, 0.15) is 20.3 Å². The Morgan fingerprint density at radius 3 is 2.50 bits per heavy atom. The lowest BCUT2D eigenvalue weighted by molar-refractivity contribution is -0.384. The first-order chi connectivity index (χ1) is 8.56. The molecule has 7 heteroatoms. The van der Waals surface area contributed by atoms with Crippen LogP contribution in [0.5, 0.6) is 0 Å². The monoisotopic (exact) mass is 254 g/mol. The molecule has 1 atom stereocenters. The van der Waals surface area contributed by atoms with Gasteiger partial charge in [-0.15, -0.1) is 0 Å². The highest BCUT2D eigenvalue weighted by molar-refractivity contribution is 5.54. The SMILES string of the molecule is CCNc1cc([N+](=O)[O-])cc(NCC(O)CC)n1. The summed E-state index contributed by atoms with van der Waals surface area (Å²) in [6.45, 7) is 4.69. The topological polar surface area (TPSA) is 100 Å². The number of rotatable bonds is 7. The highest BCUT2D eigenvalue weighted by atomic mass is 16.6. The van der Waals surface area contributed by atoms with Gasteiger partial charge >= 0.3 is 0 Å². The fraction of sp³-hybridized carbons (Fsp3) is 0.545. The Bertz CT molecular complexity index is 411. The van der Waals surface area contributed by atoms with Crippen molar-refractivity contribution in [3.63, 3.8) is 0 Å². The summed E-state index contributed by atoms with van der Waals surface area (Å²) in [5.74, 6) is 0.827. The summed E-state index contributed by atoms with van der Waals surface area (Å²) in [7, 11) is 0. The Kier molecular flexibility index (Phi) is 5.31. The molecule has 0 fully saturated rings. The third-order valence-electron chi connectivity index (χ3n) is 2.37. The van der Waals surface area contributed by atoms with E-state index in [0.29, 0.717) is 31.1 Å². The number of hydrogen-bond acceptors (Lipinski definition) is 6. The van der Waals surface area contributed by atoms with Crippen molar-refractivity contribution in [3.05, 3.63) is 22.2 Å². The number of aliphatic hydroxyl groups excluding tert-OH is 1. The minimum Gasteiger partial charge on any atom is -0.391 e. The zero-order chi connectivity index (χ0) is 13.5. The molecule has 3 N–H and O–H groups in total. The summed E-state index contributed by atoms with van der Waals surface area (Å²) in [4.78, 5) is 14.5. The number of nitro groups is 1. The molecule has 0 radical (unpaired) electrons. The lowest BCUT2D eigenvalue weighted by Gasteiger charge is -2.11. The molecule has 0 aliphatic carbocycles. The van der Waals surface area contributed by atoms with Gasteiger partial charge in [0.25, 0.3) is 5.69 Å². The van der Waals surface area contributed by atoms with Gasteiger partial charge in [-0.3, -0.25) is 10.1 Å². The molecule has 0 bridgehead atoms. The molecule has 0 saturated heterocycles. The second-order valence-corrected chi connectivity index (χ2v) is 3.83. The van der Waals surface area contributed by atoms with Crippen molar-refractivity contribution >= 4 is 17.3 Å². The normalized spacial score (nSPS) is 11.9. The predicted octanol–water partition coefficient (Wildman–Crippen LogP) is 1.60. The minimum absolute atomic E-state index is 0.0329. The van der Waals surface area contributed by atoms with Crippen molar-refractivity contribution < 1.29 is 10.0 Å². The first-order valence-corrected chi connectivity index (χ1v) is 5.89. The molecule has 0 saturated carbocycles. The summed E-state index contributed by atoms with van der Waals surface area (Å²) in [5.41, 5.74) is -0.0329. The Labute approximate surface area is 105 Å². The molecule has 0 aliphatic rings. The molecular formula is C11H18N4O3. The fourth-order valence-corrected chi connectivity index (χ4v) is 1.35.